The van der Waals surface area contributed by atoms with Crippen molar-refractivity contribution in [3.8, 4) is 0 Å². The first-order chi connectivity index (χ1) is 10.0. The van der Waals surface area contributed by atoms with Gasteiger partial charge in [-0.25, -0.2) is 0 Å². The summed E-state index contributed by atoms with van der Waals surface area (Å²) < 4.78 is -0.799. The van der Waals surface area contributed by atoms with Crippen LogP contribution in [-0.2, 0) is 5.41 Å². The highest BCUT2D eigenvalue weighted by Gasteiger charge is 2.81. The van der Waals surface area contributed by atoms with E-state index in [0.717, 1.165) is 5.56 Å². The number of carbonyl (C=O) groups excluding carboxylic acids is 2. The molecule has 0 radical (unpaired) electrons. The van der Waals surface area contributed by atoms with Crippen molar-refractivity contribution < 1.29 is 9.59 Å². The second kappa shape index (κ2) is 3.92. The molecule has 0 amide bonds. The van der Waals surface area contributed by atoms with Gasteiger partial charge in [0.2, 0.25) is 0 Å². The van der Waals surface area contributed by atoms with Crippen molar-refractivity contribution >= 4 is 27.5 Å². The summed E-state index contributed by atoms with van der Waals surface area (Å²) >= 11 is 3.63. The Kier molecular flexibility index (Phi) is 2.42. The summed E-state index contributed by atoms with van der Waals surface area (Å²) in [5, 5.41) is 0. The predicted molar refractivity (Wildman–Crippen MR) is 84.0 cm³/mol. The third-order valence-corrected chi connectivity index (χ3v) is 6.69. The highest BCUT2D eigenvalue weighted by Crippen LogP contribution is 2.71. The van der Waals surface area contributed by atoms with Crippen molar-refractivity contribution in [2.45, 2.75) is 16.7 Å². The number of halogens is 1. The average Bonchev–Trinajstić information content (AvgIpc) is 3.05. The minimum absolute atomic E-state index is 0.0223. The zero-order chi connectivity index (χ0) is 14.8. The van der Waals surface area contributed by atoms with E-state index in [9.17, 15) is 9.59 Å². The molecule has 0 saturated heterocycles. The van der Waals surface area contributed by atoms with Gasteiger partial charge in [-0.1, -0.05) is 77.5 Å². The zero-order valence-electron chi connectivity index (χ0n) is 11.5. The Morgan fingerprint density at radius 1 is 0.905 bits per heavy atom. The maximum atomic E-state index is 12.9. The molecule has 2 aromatic carbocycles. The number of hydrogen-bond donors (Lipinski definition) is 0. The Bertz CT molecular complexity index is 783. The van der Waals surface area contributed by atoms with Crippen molar-refractivity contribution in [2.24, 2.45) is 5.92 Å². The fourth-order valence-electron chi connectivity index (χ4n) is 3.79. The maximum Gasteiger partial charge on any atom is 0.181 e. The molecule has 0 unspecified atom stereocenters. The van der Waals surface area contributed by atoms with Gasteiger partial charge in [-0.05, 0) is 5.56 Å². The van der Waals surface area contributed by atoms with Gasteiger partial charge in [0.1, 0.15) is 4.32 Å². The summed E-state index contributed by atoms with van der Waals surface area (Å²) in [6, 6.07) is 16.9. The van der Waals surface area contributed by atoms with Gasteiger partial charge in [-0.15, -0.1) is 0 Å². The van der Waals surface area contributed by atoms with Crippen molar-refractivity contribution in [3.63, 3.8) is 0 Å². The van der Waals surface area contributed by atoms with E-state index in [1.165, 1.54) is 0 Å². The van der Waals surface area contributed by atoms with Crippen LogP contribution in [-0.4, -0.2) is 15.9 Å². The number of ketones is 2. The van der Waals surface area contributed by atoms with Gasteiger partial charge >= 0.3 is 0 Å². The van der Waals surface area contributed by atoms with E-state index in [1.807, 2.05) is 49.4 Å². The van der Waals surface area contributed by atoms with Crippen LogP contribution in [0.5, 0.6) is 0 Å². The topological polar surface area (TPSA) is 34.1 Å². The first-order valence-electron chi connectivity index (χ1n) is 6.95. The summed E-state index contributed by atoms with van der Waals surface area (Å²) in [4.78, 5) is 25.7. The van der Waals surface area contributed by atoms with Crippen LogP contribution in [0.15, 0.2) is 54.6 Å². The molecule has 0 spiro atoms. The Labute approximate surface area is 131 Å². The highest BCUT2D eigenvalue weighted by molar-refractivity contribution is 9.10. The molecule has 3 heteroatoms. The van der Waals surface area contributed by atoms with Gasteiger partial charge < -0.3 is 0 Å². The largest absolute Gasteiger partial charge is 0.294 e. The SMILES string of the molecule is C[C@]1(c2ccccc2)[C@@H]2C(=O)c3ccccc3C(=O)[C@@]21Br. The molecule has 4 rings (SSSR count). The third-order valence-electron chi connectivity index (χ3n) is 5.05. The first kappa shape index (κ1) is 13.0. The molecule has 1 saturated carbocycles. The van der Waals surface area contributed by atoms with Crippen molar-refractivity contribution in [3.05, 3.63) is 71.3 Å². The van der Waals surface area contributed by atoms with E-state index in [0.29, 0.717) is 11.1 Å². The molecule has 3 atom stereocenters. The van der Waals surface area contributed by atoms with Crippen molar-refractivity contribution in [1.82, 2.24) is 0 Å². The number of carbonyl (C=O) groups is 2. The predicted octanol–water partition coefficient (Wildman–Crippen LogP) is 3.79. The van der Waals surface area contributed by atoms with E-state index in [-0.39, 0.29) is 17.5 Å². The van der Waals surface area contributed by atoms with Gasteiger partial charge in [0.05, 0.1) is 5.92 Å². The quantitative estimate of drug-likeness (QED) is 0.740. The molecular formula is C18H13BrO2. The lowest BCUT2D eigenvalue weighted by molar-refractivity contribution is 0.0893. The van der Waals surface area contributed by atoms with Gasteiger partial charge in [-0.2, -0.15) is 0 Å². The molecule has 0 N–H and O–H groups in total. The van der Waals surface area contributed by atoms with Gasteiger partial charge in [0.25, 0.3) is 0 Å². The molecule has 0 bridgehead atoms. The Balaban J connectivity index is 1.93. The van der Waals surface area contributed by atoms with Gasteiger partial charge in [-0.3, -0.25) is 9.59 Å². The minimum atomic E-state index is -0.799. The normalized spacial score (nSPS) is 33.3. The molecule has 0 aliphatic heterocycles. The summed E-state index contributed by atoms with van der Waals surface area (Å²) in [6.45, 7) is 2.00. The van der Waals surface area contributed by atoms with Crippen LogP contribution in [0.2, 0.25) is 0 Å². The van der Waals surface area contributed by atoms with Crippen molar-refractivity contribution in [1.29, 1.82) is 0 Å². The molecule has 1 fully saturated rings. The zero-order valence-corrected chi connectivity index (χ0v) is 13.1. The van der Waals surface area contributed by atoms with Crippen LogP contribution < -0.4 is 0 Å². The Morgan fingerprint density at radius 2 is 1.48 bits per heavy atom. The second-order valence-electron chi connectivity index (χ2n) is 5.95. The number of rotatable bonds is 1. The van der Waals surface area contributed by atoms with Gasteiger partial charge in [0, 0.05) is 16.5 Å². The fourth-order valence-corrected chi connectivity index (χ4v) is 5.02. The monoisotopic (exact) mass is 340 g/mol. The van der Waals surface area contributed by atoms with Crippen LogP contribution in [0.4, 0.5) is 0 Å². The fraction of sp³-hybridized carbons (Fsp3) is 0.222. The molecule has 0 heterocycles. The van der Waals surface area contributed by atoms with Crippen molar-refractivity contribution in [2.75, 3.05) is 0 Å². The molecule has 2 aliphatic carbocycles. The maximum absolute atomic E-state index is 12.9. The van der Waals surface area contributed by atoms with Crippen LogP contribution >= 0.6 is 15.9 Å². The van der Waals surface area contributed by atoms with Crippen LogP contribution in [0.25, 0.3) is 0 Å². The third kappa shape index (κ3) is 1.33. The molecular weight excluding hydrogens is 328 g/mol. The number of benzene rings is 2. The van der Waals surface area contributed by atoms with E-state index < -0.39 is 9.74 Å². The smallest absolute Gasteiger partial charge is 0.181 e. The molecule has 2 aliphatic rings. The van der Waals surface area contributed by atoms with Gasteiger partial charge in [0.15, 0.2) is 11.6 Å². The molecule has 2 nitrogen and oxygen atoms in total. The lowest BCUT2D eigenvalue weighted by Gasteiger charge is -2.18. The second-order valence-corrected chi connectivity index (χ2v) is 7.20. The minimum Gasteiger partial charge on any atom is -0.294 e. The lowest BCUT2D eigenvalue weighted by Crippen LogP contribution is -2.30. The molecule has 104 valence electrons. The molecule has 2 aromatic rings. The highest BCUT2D eigenvalue weighted by atomic mass is 79.9. The Morgan fingerprint density at radius 3 is 2.14 bits per heavy atom. The Hall–Kier alpha value is -1.74. The molecule has 21 heavy (non-hydrogen) atoms. The lowest BCUT2D eigenvalue weighted by atomic mass is 9.90. The number of hydrogen-bond acceptors (Lipinski definition) is 2. The van der Waals surface area contributed by atoms with E-state index in [1.54, 1.807) is 12.1 Å². The first-order valence-corrected chi connectivity index (χ1v) is 7.74. The summed E-state index contributed by atoms with van der Waals surface area (Å²) in [6.07, 6.45) is 0. The van der Waals surface area contributed by atoms with Crippen LogP contribution in [0.1, 0.15) is 33.2 Å². The van der Waals surface area contributed by atoms with E-state index in [4.69, 9.17) is 0 Å². The number of fused-ring (bicyclic) bond motifs is 2. The van der Waals surface area contributed by atoms with Crippen LogP contribution in [0.3, 0.4) is 0 Å². The molecule has 0 aromatic heterocycles. The van der Waals surface area contributed by atoms with E-state index >= 15 is 0 Å². The summed E-state index contributed by atoms with van der Waals surface area (Å²) in [7, 11) is 0. The van der Waals surface area contributed by atoms with Crippen LogP contribution in [0, 0.1) is 5.92 Å². The summed E-state index contributed by atoms with van der Waals surface area (Å²) in [5.74, 6) is -0.239. The average molecular weight is 341 g/mol. The summed E-state index contributed by atoms with van der Waals surface area (Å²) in [5.41, 5.74) is 1.64. The van der Waals surface area contributed by atoms with E-state index in [2.05, 4.69) is 15.9 Å². The number of alkyl halides is 1. The standard InChI is InChI=1S/C18H13BrO2/c1-17(11-7-3-2-4-8-11)15-14(20)12-9-5-6-10-13(12)16(21)18(15,17)19/h2-10,15H,1H3/t15-,17-,18-/m0/s1. The number of Topliss-reactive ketones (excluding diaryl/α,β-unsaturated/α-hetero) is 2.